The van der Waals surface area contributed by atoms with Crippen molar-refractivity contribution in [2.75, 3.05) is 19.0 Å². The molecule has 128 valence electrons. The number of nitro benzene ring substituents is 1. The Labute approximate surface area is 144 Å². The van der Waals surface area contributed by atoms with E-state index in [0.29, 0.717) is 6.54 Å². The molecule has 0 saturated carbocycles. The minimum Gasteiger partial charge on any atom is -0.465 e. The van der Waals surface area contributed by atoms with Crippen LogP contribution in [0.15, 0.2) is 55.1 Å². The second kappa shape index (κ2) is 7.87. The van der Waals surface area contributed by atoms with E-state index in [1.807, 2.05) is 0 Å². The topological polar surface area (TPSA) is 98.5 Å². The lowest BCUT2D eigenvalue weighted by Gasteiger charge is -2.09. The molecule has 0 unspecified atom stereocenters. The molecule has 0 saturated heterocycles. The molecule has 0 aromatic heterocycles. The number of carbonyl (C=O) groups is 2. The quantitative estimate of drug-likeness (QED) is 0.273. The maximum absolute atomic E-state index is 12.7. The molecule has 0 fully saturated rings. The Kier molecular flexibility index (Phi) is 5.62. The molecule has 0 aliphatic carbocycles. The number of carbonyl (C=O) groups excluding carboxylic acids is 2. The molecule has 0 aliphatic heterocycles. The maximum atomic E-state index is 12.7. The third-order valence-corrected chi connectivity index (χ3v) is 3.47. The van der Waals surface area contributed by atoms with Gasteiger partial charge in [-0.2, -0.15) is 0 Å². The Bertz CT molecular complexity index is 845. The summed E-state index contributed by atoms with van der Waals surface area (Å²) in [6, 6.07) is 10.3. The van der Waals surface area contributed by atoms with E-state index in [9.17, 15) is 19.7 Å². The van der Waals surface area contributed by atoms with Gasteiger partial charge in [0.1, 0.15) is 5.69 Å². The van der Waals surface area contributed by atoms with Crippen LogP contribution in [-0.4, -0.2) is 30.3 Å². The summed E-state index contributed by atoms with van der Waals surface area (Å²) in [7, 11) is 1.22. The Hall–Kier alpha value is -3.48. The van der Waals surface area contributed by atoms with Crippen molar-refractivity contribution in [1.82, 2.24) is 0 Å². The largest absolute Gasteiger partial charge is 0.465 e. The molecular formula is C18H16N2O5. The van der Waals surface area contributed by atoms with Crippen LogP contribution in [0.5, 0.6) is 0 Å². The Balaban J connectivity index is 2.47. The van der Waals surface area contributed by atoms with Crippen molar-refractivity contribution in [3.05, 3.63) is 81.9 Å². The molecule has 2 aromatic rings. The number of methoxy groups -OCH3 is 1. The average molecular weight is 340 g/mol. The van der Waals surface area contributed by atoms with E-state index < -0.39 is 16.7 Å². The lowest BCUT2D eigenvalue weighted by Crippen LogP contribution is -2.12. The molecule has 2 rings (SSSR count). The van der Waals surface area contributed by atoms with Gasteiger partial charge in [-0.15, -0.1) is 6.58 Å². The lowest BCUT2D eigenvalue weighted by atomic mass is 9.97. The SMILES string of the molecule is C=CCNc1ccc(C(=O)c2ccccc2C(=O)OC)cc1[N+](=O)[O-]. The number of anilines is 1. The van der Waals surface area contributed by atoms with Crippen molar-refractivity contribution in [1.29, 1.82) is 0 Å². The van der Waals surface area contributed by atoms with Gasteiger partial charge in [-0.1, -0.05) is 24.3 Å². The van der Waals surface area contributed by atoms with Crippen LogP contribution in [0.25, 0.3) is 0 Å². The van der Waals surface area contributed by atoms with Crippen molar-refractivity contribution >= 4 is 23.1 Å². The predicted molar refractivity (Wildman–Crippen MR) is 93.0 cm³/mol. The number of nitro groups is 1. The maximum Gasteiger partial charge on any atom is 0.338 e. The first-order valence-corrected chi connectivity index (χ1v) is 7.34. The van der Waals surface area contributed by atoms with Crippen molar-refractivity contribution < 1.29 is 19.2 Å². The van der Waals surface area contributed by atoms with Gasteiger partial charge in [-0.05, 0) is 18.2 Å². The molecule has 0 heterocycles. The summed E-state index contributed by atoms with van der Waals surface area (Å²) in [6.07, 6.45) is 1.56. The van der Waals surface area contributed by atoms with Crippen molar-refractivity contribution in [2.24, 2.45) is 0 Å². The molecule has 2 aromatic carbocycles. The number of benzene rings is 2. The average Bonchev–Trinajstić information content (AvgIpc) is 2.64. The highest BCUT2D eigenvalue weighted by atomic mass is 16.6. The number of esters is 1. The zero-order valence-electron chi connectivity index (χ0n) is 13.5. The Morgan fingerprint density at radius 2 is 1.92 bits per heavy atom. The normalized spacial score (nSPS) is 9.96. The van der Waals surface area contributed by atoms with Crippen LogP contribution in [0.2, 0.25) is 0 Å². The number of ether oxygens (including phenoxy) is 1. The van der Waals surface area contributed by atoms with Gasteiger partial charge in [0.2, 0.25) is 0 Å². The van der Waals surface area contributed by atoms with Gasteiger partial charge in [0, 0.05) is 23.7 Å². The zero-order valence-corrected chi connectivity index (χ0v) is 13.5. The molecule has 0 amide bonds. The third-order valence-electron chi connectivity index (χ3n) is 3.47. The Morgan fingerprint density at radius 1 is 1.24 bits per heavy atom. The van der Waals surface area contributed by atoms with Crippen molar-refractivity contribution in [3.63, 3.8) is 0 Å². The van der Waals surface area contributed by atoms with Crippen LogP contribution in [0.4, 0.5) is 11.4 Å². The Morgan fingerprint density at radius 3 is 2.52 bits per heavy atom. The van der Waals surface area contributed by atoms with Crippen LogP contribution in [0, 0.1) is 10.1 Å². The molecule has 0 aliphatic rings. The second-order valence-electron chi connectivity index (χ2n) is 5.02. The molecule has 7 nitrogen and oxygen atoms in total. The highest BCUT2D eigenvalue weighted by Gasteiger charge is 2.22. The number of hydrogen-bond donors (Lipinski definition) is 1. The molecule has 1 N–H and O–H groups in total. The van der Waals surface area contributed by atoms with Crippen LogP contribution >= 0.6 is 0 Å². The number of nitrogens with one attached hydrogen (secondary N) is 1. The summed E-state index contributed by atoms with van der Waals surface area (Å²) in [5.41, 5.74) is 0.375. The molecule has 0 radical (unpaired) electrons. The molecular weight excluding hydrogens is 324 g/mol. The highest BCUT2D eigenvalue weighted by molar-refractivity contribution is 6.14. The smallest absolute Gasteiger partial charge is 0.338 e. The third kappa shape index (κ3) is 3.89. The van der Waals surface area contributed by atoms with E-state index >= 15 is 0 Å². The summed E-state index contributed by atoms with van der Waals surface area (Å²) in [4.78, 5) is 35.2. The van der Waals surface area contributed by atoms with E-state index in [1.165, 1.54) is 37.4 Å². The number of ketones is 1. The fourth-order valence-electron chi connectivity index (χ4n) is 2.28. The molecule has 7 heteroatoms. The minimum atomic E-state index is -0.650. The standard InChI is InChI=1S/C18H16N2O5/c1-3-10-19-15-9-8-12(11-16(15)20(23)24)17(21)13-6-4-5-7-14(13)18(22)25-2/h3-9,11,19H,1,10H2,2H3. The molecule has 0 spiro atoms. The van der Waals surface area contributed by atoms with Gasteiger partial charge in [-0.25, -0.2) is 4.79 Å². The first-order valence-electron chi connectivity index (χ1n) is 7.34. The minimum absolute atomic E-state index is 0.103. The van der Waals surface area contributed by atoms with Crippen LogP contribution in [0.1, 0.15) is 26.3 Å². The second-order valence-corrected chi connectivity index (χ2v) is 5.02. The zero-order chi connectivity index (χ0) is 18.4. The number of hydrogen-bond acceptors (Lipinski definition) is 6. The van der Waals surface area contributed by atoms with Crippen LogP contribution < -0.4 is 5.32 Å². The fourth-order valence-corrected chi connectivity index (χ4v) is 2.28. The van der Waals surface area contributed by atoms with E-state index in [0.717, 1.165) is 0 Å². The van der Waals surface area contributed by atoms with Gasteiger partial charge in [-0.3, -0.25) is 14.9 Å². The molecule has 0 atom stereocenters. The highest BCUT2D eigenvalue weighted by Crippen LogP contribution is 2.27. The van der Waals surface area contributed by atoms with Gasteiger partial charge in [0.05, 0.1) is 17.6 Å². The first-order chi connectivity index (χ1) is 12.0. The summed E-state index contributed by atoms with van der Waals surface area (Å²) >= 11 is 0. The van der Waals surface area contributed by atoms with E-state index in [2.05, 4.69) is 16.6 Å². The van der Waals surface area contributed by atoms with E-state index in [4.69, 9.17) is 0 Å². The van der Waals surface area contributed by atoms with E-state index in [1.54, 1.807) is 18.2 Å². The van der Waals surface area contributed by atoms with Crippen molar-refractivity contribution in [3.8, 4) is 0 Å². The predicted octanol–water partition coefficient (Wildman–Crippen LogP) is 3.21. The summed E-state index contributed by atoms with van der Waals surface area (Å²) in [5.74, 6) is -1.15. The molecule has 25 heavy (non-hydrogen) atoms. The fraction of sp³-hybridized carbons (Fsp3) is 0.111. The summed E-state index contributed by atoms with van der Waals surface area (Å²) in [5, 5.41) is 14.1. The molecule has 0 bridgehead atoms. The number of rotatable bonds is 7. The van der Waals surface area contributed by atoms with Crippen LogP contribution in [-0.2, 0) is 4.74 Å². The van der Waals surface area contributed by atoms with Crippen molar-refractivity contribution in [2.45, 2.75) is 0 Å². The number of nitrogens with zero attached hydrogens (tertiary/aromatic N) is 1. The van der Waals surface area contributed by atoms with Crippen LogP contribution in [0.3, 0.4) is 0 Å². The summed E-state index contributed by atoms with van der Waals surface area (Å²) < 4.78 is 4.67. The summed E-state index contributed by atoms with van der Waals surface area (Å²) in [6.45, 7) is 3.89. The lowest BCUT2D eigenvalue weighted by molar-refractivity contribution is -0.384. The van der Waals surface area contributed by atoms with Gasteiger partial charge in [0.15, 0.2) is 5.78 Å². The monoisotopic (exact) mass is 340 g/mol. The van der Waals surface area contributed by atoms with Gasteiger partial charge in [0.25, 0.3) is 5.69 Å². The van der Waals surface area contributed by atoms with Gasteiger partial charge >= 0.3 is 5.97 Å². The first kappa shape index (κ1) is 17.9. The van der Waals surface area contributed by atoms with Gasteiger partial charge < -0.3 is 10.1 Å². The van der Waals surface area contributed by atoms with E-state index in [-0.39, 0.29) is 28.1 Å².